The SMILES string of the molecule is COCCN1CCC(c2nc(-c3ccc(C)nn3)no2)CC1. The molecule has 22 heavy (non-hydrogen) atoms. The van der Waals surface area contributed by atoms with E-state index in [0.717, 1.165) is 44.8 Å². The number of likely N-dealkylation sites (tertiary alicyclic amines) is 1. The molecule has 0 aromatic carbocycles. The van der Waals surface area contributed by atoms with Crippen molar-refractivity contribution < 1.29 is 9.26 Å². The van der Waals surface area contributed by atoms with Crippen LogP contribution in [0.1, 0.15) is 30.3 Å². The number of aromatic nitrogens is 4. The van der Waals surface area contributed by atoms with Crippen LogP contribution >= 0.6 is 0 Å². The molecule has 0 amide bonds. The van der Waals surface area contributed by atoms with E-state index in [2.05, 4.69) is 25.2 Å². The summed E-state index contributed by atoms with van der Waals surface area (Å²) >= 11 is 0. The zero-order valence-corrected chi connectivity index (χ0v) is 13.0. The first-order valence-corrected chi connectivity index (χ1v) is 7.62. The van der Waals surface area contributed by atoms with E-state index in [1.807, 2.05) is 19.1 Å². The van der Waals surface area contributed by atoms with Gasteiger partial charge in [0.25, 0.3) is 0 Å². The van der Waals surface area contributed by atoms with E-state index in [9.17, 15) is 0 Å². The van der Waals surface area contributed by atoms with Crippen molar-refractivity contribution in [3.05, 3.63) is 23.7 Å². The molecule has 1 aliphatic heterocycles. The third-order valence-corrected chi connectivity index (χ3v) is 4.02. The summed E-state index contributed by atoms with van der Waals surface area (Å²) in [5.41, 5.74) is 1.52. The molecule has 2 aromatic rings. The number of ether oxygens (including phenoxy) is 1. The van der Waals surface area contributed by atoms with Gasteiger partial charge in [-0.25, -0.2) is 0 Å². The summed E-state index contributed by atoms with van der Waals surface area (Å²) in [6.07, 6.45) is 2.07. The van der Waals surface area contributed by atoms with Gasteiger partial charge in [0.15, 0.2) is 0 Å². The van der Waals surface area contributed by atoms with Crippen molar-refractivity contribution in [3.63, 3.8) is 0 Å². The van der Waals surface area contributed by atoms with Gasteiger partial charge in [-0.1, -0.05) is 5.16 Å². The van der Waals surface area contributed by atoms with Crippen LogP contribution in [0.25, 0.3) is 11.5 Å². The Balaban J connectivity index is 1.61. The van der Waals surface area contributed by atoms with Gasteiger partial charge in [0.05, 0.1) is 12.3 Å². The van der Waals surface area contributed by atoms with E-state index in [1.54, 1.807) is 7.11 Å². The van der Waals surface area contributed by atoms with Crippen LogP contribution in [0.3, 0.4) is 0 Å². The lowest BCUT2D eigenvalue weighted by Crippen LogP contribution is -2.35. The van der Waals surface area contributed by atoms with Crippen molar-refractivity contribution in [1.29, 1.82) is 0 Å². The van der Waals surface area contributed by atoms with Gasteiger partial charge in [-0.2, -0.15) is 10.1 Å². The summed E-state index contributed by atoms with van der Waals surface area (Å²) in [6.45, 7) is 5.74. The van der Waals surface area contributed by atoms with Crippen molar-refractivity contribution in [2.24, 2.45) is 0 Å². The molecule has 0 saturated carbocycles. The molecule has 118 valence electrons. The van der Waals surface area contributed by atoms with E-state index < -0.39 is 0 Å². The second kappa shape index (κ2) is 6.93. The van der Waals surface area contributed by atoms with Gasteiger partial charge in [-0.05, 0) is 45.0 Å². The Morgan fingerprint density at radius 3 is 2.77 bits per heavy atom. The molecular formula is C15H21N5O2. The van der Waals surface area contributed by atoms with Crippen LogP contribution in [-0.2, 0) is 4.74 Å². The lowest BCUT2D eigenvalue weighted by atomic mass is 9.97. The number of hydrogen-bond donors (Lipinski definition) is 0. The quantitative estimate of drug-likeness (QED) is 0.831. The molecule has 1 aliphatic rings. The summed E-state index contributed by atoms with van der Waals surface area (Å²) < 4.78 is 10.6. The van der Waals surface area contributed by atoms with Crippen LogP contribution in [0.4, 0.5) is 0 Å². The first-order chi connectivity index (χ1) is 10.8. The maximum absolute atomic E-state index is 5.43. The monoisotopic (exact) mass is 303 g/mol. The molecule has 1 saturated heterocycles. The van der Waals surface area contributed by atoms with Crippen molar-refractivity contribution in [3.8, 4) is 11.5 Å². The minimum absolute atomic E-state index is 0.332. The number of nitrogens with zero attached hydrogens (tertiary/aromatic N) is 5. The summed E-state index contributed by atoms with van der Waals surface area (Å²) in [6, 6.07) is 3.76. The van der Waals surface area contributed by atoms with Crippen LogP contribution in [0.15, 0.2) is 16.7 Å². The smallest absolute Gasteiger partial charge is 0.230 e. The highest BCUT2D eigenvalue weighted by atomic mass is 16.5. The molecule has 0 atom stereocenters. The molecule has 0 spiro atoms. The maximum Gasteiger partial charge on any atom is 0.230 e. The van der Waals surface area contributed by atoms with E-state index in [1.165, 1.54) is 0 Å². The van der Waals surface area contributed by atoms with Gasteiger partial charge in [-0.3, -0.25) is 0 Å². The van der Waals surface area contributed by atoms with Crippen molar-refractivity contribution in [2.75, 3.05) is 33.4 Å². The minimum Gasteiger partial charge on any atom is -0.383 e. The molecule has 0 radical (unpaired) electrons. The lowest BCUT2D eigenvalue weighted by molar-refractivity contribution is 0.126. The standard InChI is InChI=1S/C15H21N5O2/c1-11-3-4-13(18-17-11)14-16-15(22-19-14)12-5-7-20(8-6-12)9-10-21-2/h3-4,12H,5-10H2,1-2H3. The molecule has 0 aliphatic carbocycles. The Hall–Kier alpha value is -1.86. The first-order valence-electron chi connectivity index (χ1n) is 7.62. The summed E-state index contributed by atoms with van der Waals surface area (Å²) in [5, 5.41) is 12.2. The van der Waals surface area contributed by atoms with Crippen LogP contribution in [0.5, 0.6) is 0 Å². The average Bonchev–Trinajstić information content (AvgIpc) is 3.04. The molecule has 3 rings (SSSR count). The fourth-order valence-corrected chi connectivity index (χ4v) is 2.65. The van der Waals surface area contributed by atoms with Gasteiger partial charge in [0, 0.05) is 19.6 Å². The van der Waals surface area contributed by atoms with Gasteiger partial charge in [-0.15, -0.1) is 5.10 Å². The molecule has 2 aromatic heterocycles. The van der Waals surface area contributed by atoms with E-state index in [-0.39, 0.29) is 0 Å². The Morgan fingerprint density at radius 2 is 2.09 bits per heavy atom. The van der Waals surface area contributed by atoms with E-state index >= 15 is 0 Å². The van der Waals surface area contributed by atoms with Crippen LogP contribution in [0, 0.1) is 6.92 Å². The highest BCUT2D eigenvalue weighted by Crippen LogP contribution is 2.27. The van der Waals surface area contributed by atoms with Crippen LogP contribution in [-0.4, -0.2) is 58.6 Å². The number of piperidine rings is 1. The average molecular weight is 303 g/mol. The predicted octanol–water partition coefficient (Wildman–Crippen LogP) is 1.66. The second-order valence-corrected chi connectivity index (χ2v) is 5.62. The summed E-state index contributed by atoms with van der Waals surface area (Å²) in [5.74, 6) is 1.56. The van der Waals surface area contributed by atoms with E-state index in [4.69, 9.17) is 9.26 Å². The molecule has 0 bridgehead atoms. The Kier molecular flexibility index (Phi) is 4.74. The predicted molar refractivity (Wildman–Crippen MR) is 80.4 cm³/mol. The number of hydrogen-bond acceptors (Lipinski definition) is 7. The zero-order valence-electron chi connectivity index (χ0n) is 13.0. The number of aryl methyl sites for hydroxylation is 1. The van der Waals surface area contributed by atoms with Gasteiger partial charge in [0.1, 0.15) is 5.69 Å². The van der Waals surface area contributed by atoms with Crippen LogP contribution < -0.4 is 0 Å². The third-order valence-electron chi connectivity index (χ3n) is 4.02. The topological polar surface area (TPSA) is 77.2 Å². The number of methoxy groups -OCH3 is 1. The molecular weight excluding hydrogens is 282 g/mol. The summed E-state index contributed by atoms with van der Waals surface area (Å²) in [4.78, 5) is 6.90. The van der Waals surface area contributed by atoms with Crippen LogP contribution in [0.2, 0.25) is 0 Å². The molecule has 1 fully saturated rings. The van der Waals surface area contributed by atoms with Gasteiger partial charge >= 0.3 is 0 Å². The fraction of sp³-hybridized carbons (Fsp3) is 0.600. The van der Waals surface area contributed by atoms with Gasteiger partial charge in [0.2, 0.25) is 11.7 Å². The van der Waals surface area contributed by atoms with Crippen molar-refractivity contribution in [2.45, 2.75) is 25.7 Å². The summed E-state index contributed by atoms with van der Waals surface area (Å²) in [7, 11) is 1.74. The maximum atomic E-state index is 5.43. The Bertz CT molecular complexity index is 590. The normalized spacial score (nSPS) is 17.0. The second-order valence-electron chi connectivity index (χ2n) is 5.62. The Labute approximate surface area is 129 Å². The molecule has 7 heteroatoms. The van der Waals surface area contributed by atoms with Crippen molar-refractivity contribution >= 4 is 0 Å². The molecule has 7 nitrogen and oxygen atoms in total. The largest absolute Gasteiger partial charge is 0.383 e. The zero-order chi connectivity index (χ0) is 15.4. The highest BCUT2D eigenvalue weighted by Gasteiger charge is 2.25. The fourth-order valence-electron chi connectivity index (χ4n) is 2.65. The van der Waals surface area contributed by atoms with Gasteiger partial charge < -0.3 is 14.2 Å². The molecule has 3 heterocycles. The molecule has 0 unspecified atom stereocenters. The van der Waals surface area contributed by atoms with E-state index in [0.29, 0.717) is 23.3 Å². The minimum atomic E-state index is 0.332. The number of rotatable bonds is 5. The first kappa shape index (κ1) is 15.1. The Morgan fingerprint density at radius 1 is 1.27 bits per heavy atom. The lowest BCUT2D eigenvalue weighted by Gasteiger charge is -2.29. The third kappa shape index (κ3) is 3.48. The molecule has 0 N–H and O–H groups in total. The van der Waals surface area contributed by atoms with Crippen molar-refractivity contribution in [1.82, 2.24) is 25.2 Å². The highest BCUT2D eigenvalue weighted by molar-refractivity contribution is 5.46.